The quantitative estimate of drug-likeness (QED) is 0.319. The van der Waals surface area contributed by atoms with Crippen LogP contribution in [0.2, 0.25) is 0 Å². The SMILES string of the molecule is Cc1ccc(C(=O)NC(=Cc2ccc(-c3ccc([N+](=O)[O-])cc3)o2)C(=O)N2CCCCC2)cc1. The highest BCUT2D eigenvalue weighted by Crippen LogP contribution is 2.26. The molecule has 0 bridgehead atoms. The van der Waals surface area contributed by atoms with Crippen molar-refractivity contribution in [3.63, 3.8) is 0 Å². The smallest absolute Gasteiger partial charge is 0.270 e. The van der Waals surface area contributed by atoms with Crippen LogP contribution in [0.4, 0.5) is 5.69 Å². The number of nitrogens with one attached hydrogen (secondary N) is 1. The monoisotopic (exact) mass is 459 g/mol. The van der Waals surface area contributed by atoms with Gasteiger partial charge in [-0.05, 0) is 62.6 Å². The zero-order valence-electron chi connectivity index (χ0n) is 18.8. The van der Waals surface area contributed by atoms with E-state index in [9.17, 15) is 19.7 Å². The summed E-state index contributed by atoms with van der Waals surface area (Å²) in [7, 11) is 0. The highest BCUT2D eigenvalue weighted by atomic mass is 16.6. The lowest BCUT2D eigenvalue weighted by molar-refractivity contribution is -0.384. The number of likely N-dealkylation sites (tertiary alicyclic amines) is 1. The number of nitro groups is 1. The fourth-order valence-corrected chi connectivity index (χ4v) is 3.79. The van der Waals surface area contributed by atoms with Crippen LogP contribution in [0, 0.1) is 17.0 Å². The standard InChI is InChI=1S/C26H25N3O5/c1-18-5-7-20(8-6-18)25(30)27-23(26(31)28-15-3-2-4-16-28)17-22-13-14-24(34-22)19-9-11-21(12-10-19)29(32)33/h5-14,17H,2-4,15-16H2,1H3,(H,27,30). The maximum atomic E-state index is 13.2. The number of aryl methyl sites for hydroxylation is 1. The molecule has 174 valence electrons. The highest BCUT2D eigenvalue weighted by Gasteiger charge is 2.23. The van der Waals surface area contributed by atoms with Crippen LogP contribution in [0.1, 0.15) is 40.9 Å². The number of carbonyl (C=O) groups excluding carboxylic acids is 2. The first-order valence-corrected chi connectivity index (χ1v) is 11.1. The van der Waals surface area contributed by atoms with Gasteiger partial charge in [0.1, 0.15) is 17.2 Å². The van der Waals surface area contributed by atoms with E-state index in [1.165, 1.54) is 18.2 Å². The molecular weight excluding hydrogens is 434 g/mol. The van der Waals surface area contributed by atoms with Gasteiger partial charge < -0.3 is 14.6 Å². The summed E-state index contributed by atoms with van der Waals surface area (Å²) in [6, 6.07) is 16.5. The van der Waals surface area contributed by atoms with Crippen molar-refractivity contribution in [2.45, 2.75) is 26.2 Å². The highest BCUT2D eigenvalue weighted by molar-refractivity contribution is 6.05. The van der Waals surface area contributed by atoms with Crippen LogP contribution >= 0.6 is 0 Å². The Labute approximate surface area is 197 Å². The Hall–Kier alpha value is -4.20. The lowest BCUT2D eigenvalue weighted by atomic mass is 10.1. The zero-order valence-corrected chi connectivity index (χ0v) is 18.8. The first-order valence-electron chi connectivity index (χ1n) is 11.1. The van der Waals surface area contributed by atoms with Gasteiger partial charge in [0.2, 0.25) is 0 Å². The van der Waals surface area contributed by atoms with Gasteiger partial charge in [-0.15, -0.1) is 0 Å². The molecule has 4 rings (SSSR count). The van der Waals surface area contributed by atoms with Crippen molar-refractivity contribution in [2.24, 2.45) is 0 Å². The lowest BCUT2D eigenvalue weighted by Gasteiger charge is -2.27. The molecule has 0 aliphatic carbocycles. The molecule has 1 saturated heterocycles. The molecule has 2 amide bonds. The second-order valence-electron chi connectivity index (χ2n) is 8.24. The molecule has 1 aliphatic heterocycles. The number of furan rings is 1. The Morgan fingerprint density at radius 2 is 1.65 bits per heavy atom. The molecule has 34 heavy (non-hydrogen) atoms. The number of rotatable bonds is 6. The normalized spacial score (nSPS) is 14.0. The first-order chi connectivity index (χ1) is 16.4. The molecule has 1 fully saturated rings. The number of hydrogen-bond acceptors (Lipinski definition) is 5. The summed E-state index contributed by atoms with van der Waals surface area (Å²) in [6.45, 7) is 3.22. The second-order valence-corrected chi connectivity index (χ2v) is 8.24. The number of carbonyl (C=O) groups is 2. The van der Waals surface area contributed by atoms with E-state index in [1.807, 2.05) is 19.1 Å². The molecule has 2 aromatic carbocycles. The van der Waals surface area contributed by atoms with Crippen LogP contribution in [0.5, 0.6) is 0 Å². The van der Waals surface area contributed by atoms with Crippen LogP contribution in [0.3, 0.4) is 0 Å². The molecule has 3 aromatic rings. The number of benzene rings is 2. The number of amides is 2. The van der Waals surface area contributed by atoms with Gasteiger partial charge in [-0.2, -0.15) is 0 Å². The predicted octanol–water partition coefficient (Wildman–Crippen LogP) is 4.95. The Morgan fingerprint density at radius 3 is 2.29 bits per heavy atom. The van der Waals surface area contributed by atoms with E-state index in [0.29, 0.717) is 35.7 Å². The van der Waals surface area contributed by atoms with Gasteiger partial charge in [-0.3, -0.25) is 19.7 Å². The summed E-state index contributed by atoms with van der Waals surface area (Å²) in [6.07, 6.45) is 4.46. The molecule has 2 heterocycles. The average molecular weight is 460 g/mol. The van der Waals surface area contributed by atoms with Gasteiger partial charge in [-0.25, -0.2) is 0 Å². The number of non-ortho nitro benzene ring substituents is 1. The third-order valence-corrected chi connectivity index (χ3v) is 5.71. The van der Waals surface area contributed by atoms with E-state index in [2.05, 4.69) is 5.32 Å². The topological polar surface area (TPSA) is 106 Å². The lowest BCUT2D eigenvalue weighted by Crippen LogP contribution is -2.41. The van der Waals surface area contributed by atoms with Gasteiger partial charge in [0.25, 0.3) is 17.5 Å². The summed E-state index contributed by atoms with van der Waals surface area (Å²) in [4.78, 5) is 38.2. The van der Waals surface area contributed by atoms with E-state index in [-0.39, 0.29) is 23.2 Å². The summed E-state index contributed by atoms with van der Waals surface area (Å²) in [5.41, 5.74) is 2.28. The van der Waals surface area contributed by atoms with Crippen molar-refractivity contribution < 1.29 is 18.9 Å². The van der Waals surface area contributed by atoms with Crippen LogP contribution in [-0.4, -0.2) is 34.7 Å². The molecule has 0 saturated carbocycles. The first kappa shape index (κ1) is 23.0. The summed E-state index contributed by atoms with van der Waals surface area (Å²) in [5.74, 6) is 0.251. The minimum absolute atomic E-state index is 0.0105. The van der Waals surface area contributed by atoms with E-state index in [0.717, 1.165) is 24.8 Å². The van der Waals surface area contributed by atoms with Gasteiger partial charge >= 0.3 is 0 Å². The Morgan fingerprint density at radius 1 is 0.971 bits per heavy atom. The third-order valence-electron chi connectivity index (χ3n) is 5.71. The summed E-state index contributed by atoms with van der Waals surface area (Å²) in [5, 5.41) is 13.6. The average Bonchev–Trinajstić information content (AvgIpc) is 3.32. The Bertz CT molecular complexity index is 1220. The number of piperidine rings is 1. The minimum Gasteiger partial charge on any atom is -0.457 e. The van der Waals surface area contributed by atoms with Crippen molar-refractivity contribution >= 4 is 23.6 Å². The molecule has 0 radical (unpaired) electrons. The van der Waals surface area contributed by atoms with Gasteiger partial charge in [0, 0.05) is 42.4 Å². The number of nitro benzene ring substituents is 1. The molecule has 0 spiro atoms. The van der Waals surface area contributed by atoms with Crippen molar-refractivity contribution in [1.82, 2.24) is 10.2 Å². The van der Waals surface area contributed by atoms with E-state index in [4.69, 9.17) is 4.42 Å². The summed E-state index contributed by atoms with van der Waals surface area (Å²) < 4.78 is 5.87. The molecule has 1 aromatic heterocycles. The fraction of sp³-hybridized carbons (Fsp3) is 0.231. The molecule has 8 heteroatoms. The number of hydrogen-bond donors (Lipinski definition) is 1. The zero-order chi connectivity index (χ0) is 24.1. The van der Waals surface area contributed by atoms with Crippen LogP contribution in [-0.2, 0) is 4.79 Å². The predicted molar refractivity (Wildman–Crippen MR) is 128 cm³/mol. The van der Waals surface area contributed by atoms with Crippen molar-refractivity contribution in [3.05, 3.63) is 93.4 Å². The van der Waals surface area contributed by atoms with Gasteiger partial charge in [0.05, 0.1) is 4.92 Å². The van der Waals surface area contributed by atoms with Gasteiger partial charge in [0.15, 0.2) is 0 Å². The van der Waals surface area contributed by atoms with Crippen molar-refractivity contribution in [2.75, 3.05) is 13.1 Å². The Balaban J connectivity index is 1.60. The summed E-state index contributed by atoms with van der Waals surface area (Å²) >= 11 is 0. The van der Waals surface area contributed by atoms with Crippen LogP contribution in [0.15, 0.2) is 70.8 Å². The molecule has 1 aliphatic rings. The number of nitrogens with zero attached hydrogens (tertiary/aromatic N) is 2. The van der Waals surface area contributed by atoms with Crippen molar-refractivity contribution in [1.29, 1.82) is 0 Å². The Kier molecular flexibility index (Phi) is 6.87. The third kappa shape index (κ3) is 5.40. The molecule has 0 unspecified atom stereocenters. The second kappa shape index (κ2) is 10.2. The van der Waals surface area contributed by atoms with Gasteiger partial charge in [-0.1, -0.05) is 17.7 Å². The molecule has 8 nitrogen and oxygen atoms in total. The van der Waals surface area contributed by atoms with E-state index < -0.39 is 4.92 Å². The van der Waals surface area contributed by atoms with E-state index >= 15 is 0 Å². The molecule has 0 atom stereocenters. The van der Waals surface area contributed by atoms with Crippen LogP contribution in [0.25, 0.3) is 17.4 Å². The maximum Gasteiger partial charge on any atom is 0.270 e. The van der Waals surface area contributed by atoms with E-state index in [1.54, 1.807) is 41.3 Å². The maximum absolute atomic E-state index is 13.2. The molecular formula is C26H25N3O5. The van der Waals surface area contributed by atoms with Crippen LogP contribution < -0.4 is 5.32 Å². The van der Waals surface area contributed by atoms with Crippen molar-refractivity contribution in [3.8, 4) is 11.3 Å². The minimum atomic E-state index is -0.463. The fourth-order valence-electron chi connectivity index (χ4n) is 3.79. The molecule has 1 N–H and O–H groups in total. The largest absolute Gasteiger partial charge is 0.457 e.